The van der Waals surface area contributed by atoms with Crippen molar-refractivity contribution in [1.82, 2.24) is 10.2 Å². The molecular weight excluding hydrogens is 208 g/mol. The molecule has 1 fully saturated rings. The second-order valence-electron chi connectivity index (χ2n) is 5.50. The summed E-state index contributed by atoms with van der Waals surface area (Å²) in [5.74, 6) is 0.936. The fourth-order valence-electron chi connectivity index (χ4n) is 3.09. The Morgan fingerprint density at radius 1 is 1.29 bits per heavy atom. The Morgan fingerprint density at radius 2 is 2.18 bits per heavy atom. The van der Waals surface area contributed by atoms with Crippen molar-refractivity contribution in [2.24, 2.45) is 5.92 Å². The van der Waals surface area contributed by atoms with Gasteiger partial charge in [-0.1, -0.05) is 31.5 Å². The molecule has 0 bridgehead atoms. The van der Waals surface area contributed by atoms with Gasteiger partial charge in [-0.25, -0.2) is 0 Å². The fraction of sp³-hybridized carbons (Fsp3) is 0.600. The van der Waals surface area contributed by atoms with Gasteiger partial charge in [-0.15, -0.1) is 0 Å². The van der Waals surface area contributed by atoms with Crippen molar-refractivity contribution in [2.75, 3.05) is 13.1 Å². The zero-order chi connectivity index (χ0) is 11.7. The number of hydrogen-bond acceptors (Lipinski definition) is 2. The molecule has 2 heteroatoms. The van der Waals surface area contributed by atoms with Crippen LogP contribution in [-0.4, -0.2) is 18.0 Å². The van der Waals surface area contributed by atoms with Crippen LogP contribution in [0.3, 0.4) is 0 Å². The van der Waals surface area contributed by atoms with Gasteiger partial charge in [0.25, 0.3) is 0 Å². The van der Waals surface area contributed by atoms with Crippen LogP contribution >= 0.6 is 0 Å². The largest absolute Gasteiger partial charge is 0.309 e. The van der Waals surface area contributed by atoms with Gasteiger partial charge in [0, 0.05) is 26.2 Å². The van der Waals surface area contributed by atoms with E-state index in [1.54, 1.807) is 0 Å². The van der Waals surface area contributed by atoms with Gasteiger partial charge in [-0.2, -0.15) is 0 Å². The smallest absolute Gasteiger partial charge is 0.0233 e. The standard InChI is InChI=1S/C15H22N2/c1-2-12-5-6-17(10-12)11-13-3-4-14-8-16-9-15(14)7-13/h3-4,7,12,16H,2,5-6,8-11H2,1H3. The van der Waals surface area contributed by atoms with Crippen molar-refractivity contribution in [1.29, 1.82) is 0 Å². The van der Waals surface area contributed by atoms with E-state index in [4.69, 9.17) is 0 Å². The van der Waals surface area contributed by atoms with Crippen molar-refractivity contribution < 1.29 is 0 Å². The minimum absolute atomic E-state index is 0.936. The molecule has 1 saturated heterocycles. The highest BCUT2D eigenvalue weighted by atomic mass is 15.1. The summed E-state index contributed by atoms with van der Waals surface area (Å²) in [5.41, 5.74) is 4.49. The Labute approximate surface area is 104 Å². The first-order valence-corrected chi connectivity index (χ1v) is 6.89. The first-order valence-electron chi connectivity index (χ1n) is 6.89. The Hall–Kier alpha value is -0.860. The normalized spacial score (nSPS) is 24.2. The van der Waals surface area contributed by atoms with Crippen molar-refractivity contribution in [3.05, 3.63) is 34.9 Å². The Bertz CT molecular complexity index is 400. The molecule has 1 aromatic carbocycles. The molecule has 0 radical (unpaired) electrons. The highest BCUT2D eigenvalue weighted by Crippen LogP contribution is 2.23. The van der Waals surface area contributed by atoms with E-state index in [1.165, 1.54) is 42.6 Å². The predicted octanol–water partition coefficient (Wildman–Crippen LogP) is 2.52. The number of nitrogens with one attached hydrogen (secondary N) is 1. The molecular formula is C15H22N2. The molecule has 1 unspecified atom stereocenters. The number of hydrogen-bond donors (Lipinski definition) is 1. The summed E-state index contributed by atoms with van der Waals surface area (Å²) in [6.45, 7) is 8.15. The summed E-state index contributed by atoms with van der Waals surface area (Å²) < 4.78 is 0. The van der Waals surface area contributed by atoms with Crippen molar-refractivity contribution in [3.8, 4) is 0 Å². The third-order valence-corrected chi connectivity index (χ3v) is 4.26. The van der Waals surface area contributed by atoms with Gasteiger partial charge < -0.3 is 5.32 Å². The number of benzene rings is 1. The van der Waals surface area contributed by atoms with Gasteiger partial charge in [-0.05, 0) is 35.6 Å². The molecule has 2 nitrogen and oxygen atoms in total. The molecule has 1 atom stereocenters. The van der Waals surface area contributed by atoms with Crippen LogP contribution in [0.15, 0.2) is 18.2 Å². The van der Waals surface area contributed by atoms with Crippen LogP contribution in [0.5, 0.6) is 0 Å². The molecule has 3 rings (SSSR count). The molecule has 0 amide bonds. The van der Waals surface area contributed by atoms with Crippen molar-refractivity contribution in [3.63, 3.8) is 0 Å². The molecule has 0 aromatic heterocycles. The van der Waals surface area contributed by atoms with Crippen LogP contribution in [0, 0.1) is 5.92 Å². The second kappa shape index (κ2) is 4.79. The molecule has 2 heterocycles. The quantitative estimate of drug-likeness (QED) is 0.858. The van der Waals surface area contributed by atoms with Crippen LogP contribution in [0.1, 0.15) is 36.5 Å². The van der Waals surface area contributed by atoms with E-state index in [0.29, 0.717) is 0 Å². The Balaban J connectivity index is 1.65. The summed E-state index contributed by atoms with van der Waals surface area (Å²) >= 11 is 0. The maximum Gasteiger partial charge on any atom is 0.0233 e. The molecule has 2 aliphatic heterocycles. The first-order chi connectivity index (χ1) is 8.35. The summed E-state index contributed by atoms with van der Waals surface area (Å²) in [7, 11) is 0. The van der Waals surface area contributed by atoms with Crippen molar-refractivity contribution >= 4 is 0 Å². The third-order valence-electron chi connectivity index (χ3n) is 4.26. The monoisotopic (exact) mass is 230 g/mol. The van der Waals surface area contributed by atoms with Gasteiger partial charge >= 0.3 is 0 Å². The number of likely N-dealkylation sites (tertiary alicyclic amines) is 1. The molecule has 92 valence electrons. The van der Waals surface area contributed by atoms with Crippen LogP contribution in [0.4, 0.5) is 0 Å². The minimum Gasteiger partial charge on any atom is -0.309 e. The zero-order valence-electron chi connectivity index (χ0n) is 10.7. The van der Waals surface area contributed by atoms with Gasteiger partial charge in [0.05, 0.1) is 0 Å². The lowest BCUT2D eigenvalue weighted by Crippen LogP contribution is -2.20. The summed E-state index contributed by atoms with van der Waals surface area (Å²) in [4.78, 5) is 2.61. The van der Waals surface area contributed by atoms with Gasteiger partial charge in [0.15, 0.2) is 0 Å². The van der Waals surface area contributed by atoms with E-state index in [0.717, 1.165) is 25.6 Å². The fourth-order valence-corrected chi connectivity index (χ4v) is 3.09. The molecule has 1 N–H and O–H groups in total. The summed E-state index contributed by atoms with van der Waals surface area (Å²) in [6.07, 6.45) is 2.73. The SMILES string of the molecule is CCC1CCN(Cc2ccc3c(c2)CNC3)C1. The highest BCUT2D eigenvalue weighted by molar-refractivity contribution is 5.34. The van der Waals surface area contributed by atoms with E-state index >= 15 is 0 Å². The van der Waals surface area contributed by atoms with E-state index < -0.39 is 0 Å². The topological polar surface area (TPSA) is 15.3 Å². The lowest BCUT2D eigenvalue weighted by atomic mass is 10.1. The molecule has 2 aliphatic rings. The molecule has 1 aromatic rings. The maximum atomic E-state index is 3.41. The first kappa shape index (κ1) is 11.2. The predicted molar refractivity (Wildman–Crippen MR) is 70.7 cm³/mol. The van der Waals surface area contributed by atoms with Crippen LogP contribution in [0.2, 0.25) is 0 Å². The van der Waals surface area contributed by atoms with E-state index in [-0.39, 0.29) is 0 Å². The lowest BCUT2D eigenvalue weighted by Gasteiger charge is -2.16. The molecule has 0 saturated carbocycles. The average Bonchev–Trinajstić information content (AvgIpc) is 2.96. The maximum absolute atomic E-state index is 3.41. The van der Waals surface area contributed by atoms with E-state index in [2.05, 4.69) is 35.3 Å². The number of fused-ring (bicyclic) bond motifs is 1. The van der Waals surface area contributed by atoms with E-state index in [1.807, 2.05) is 0 Å². The van der Waals surface area contributed by atoms with Gasteiger partial charge in [-0.3, -0.25) is 4.90 Å². The van der Waals surface area contributed by atoms with E-state index in [9.17, 15) is 0 Å². The lowest BCUT2D eigenvalue weighted by molar-refractivity contribution is 0.315. The molecule has 17 heavy (non-hydrogen) atoms. The van der Waals surface area contributed by atoms with Crippen LogP contribution in [0.25, 0.3) is 0 Å². The molecule has 0 aliphatic carbocycles. The van der Waals surface area contributed by atoms with Crippen LogP contribution < -0.4 is 5.32 Å². The van der Waals surface area contributed by atoms with Crippen LogP contribution in [-0.2, 0) is 19.6 Å². The van der Waals surface area contributed by atoms with Crippen molar-refractivity contribution in [2.45, 2.75) is 39.4 Å². The third kappa shape index (κ3) is 2.38. The number of rotatable bonds is 3. The Morgan fingerprint density at radius 3 is 3.00 bits per heavy atom. The highest BCUT2D eigenvalue weighted by Gasteiger charge is 2.21. The number of nitrogens with zero attached hydrogens (tertiary/aromatic N) is 1. The van der Waals surface area contributed by atoms with Gasteiger partial charge in [0.2, 0.25) is 0 Å². The minimum atomic E-state index is 0.936. The van der Waals surface area contributed by atoms with Gasteiger partial charge in [0.1, 0.15) is 0 Å². The Kier molecular flexibility index (Phi) is 3.17. The zero-order valence-corrected chi connectivity index (χ0v) is 10.7. The molecule has 0 spiro atoms. The average molecular weight is 230 g/mol. The summed E-state index contributed by atoms with van der Waals surface area (Å²) in [5, 5.41) is 3.41. The summed E-state index contributed by atoms with van der Waals surface area (Å²) in [6, 6.07) is 7.01. The second-order valence-corrected chi connectivity index (χ2v) is 5.50.